The smallest absolute Gasteiger partial charge is 0.235 e. The zero-order valence-corrected chi connectivity index (χ0v) is 13.3. The molecule has 0 aromatic heterocycles. The standard InChI is InChI=1S/C14H23N3O3S/c1-17(12-5-8-21(19,20)10-12)9-13(18)16-14(11-15)6-3-2-4-7-14/h12H,2-10H2,1H3,(H,16,18). The number of sulfone groups is 1. The Morgan fingerprint density at radius 2 is 2.05 bits per heavy atom. The topological polar surface area (TPSA) is 90.3 Å². The van der Waals surface area contributed by atoms with Crippen LogP contribution in [0.25, 0.3) is 0 Å². The van der Waals surface area contributed by atoms with E-state index in [4.69, 9.17) is 0 Å². The monoisotopic (exact) mass is 313 g/mol. The molecule has 0 radical (unpaired) electrons. The molecule has 1 unspecified atom stereocenters. The highest BCUT2D eigenvalue weighted by molar-refractivity contribution is 7.91. The second-order valence-corrected chi connectivity index (χ2v) is 8.50. The number of nitrogens with one attached hydrogen (secondary N) is 1. The van der Waals surface area contributed by atoms with E-state index >= 15 is 0 Å². The van der Waals surface area contributed by atoms with Gasteiger partial charge >= 0.3 is 0 Å². The van der Waals surface area contributed by atoms with Crippen molar-refractivity contribution in [2.45, 2.75) is 50.1 Å². The minimum Gasteiger partial charge on any atom is -0.337 e. The summed E-state index contributed by atoms with van der Waals surface area (Å²) in [5.74, 6) is 0.136. The lowest BCUT2D eigenvalue weighted by atomic mass is 9.83. The van der Waals surface area contributed by atoms with E-state index in [0.717, 1.165) is 19.3 Å². The van der Waals surface area contributed by atoms with Crippen molar-refractivity contribution in [2.75, 3.05) is 25.1 Å². The molecule has 6 nitrogen and oxygen atoms in total. The van der Waals surface area contributed by atoms with Crippen molar-refractivity contribution < 1.29 is 13.2 Å². The van der Waals surface area contributed by atoms with Crippen molar-refractivity contribution >= 4 is 15.7 Å². The highest BCUT2D eigenvalue weighted by Crippen LogP contribution is 2.27. The van der Waals surface area contributed by atoms with E-state index in [9.17, 15) is 18.5 Å². The number of hydrogen-bond acceptors (Lipinski definition) is 5. The lowest BCUT2D eigenvalue weighted by Crippen LogP contribution is -2.52. The van der Waals surface area contributed by atoms with Gasteiger partial charge in [0.2, 0.25) is 5.91 Å². The predicted molar refractivity (Wildman–Crippen MR) is 79.3 cm³/mol. The summed E-state index contributed by atoms with van der Waals surface area (Å²) in [4.78, 5) is 13.9. The van der Waals surface area contributed by atoms with Crippen LogP contribution in [0.15, 0.2) is 0 Å². The summed E-state index contributed by atoms with van der Waals surface area (Å²) in [6.45, 7) is 0.142. The Morgan fingerprint density at radius 3 is 2.57 bits per heavy atom. The van der Waals surface area contributed by atoms with Gasteiger partial charge in [-0.1, -0.05) is 19.3 Å². The molecule has 1 N–H and O–H groups in total. The van der Waals surface area contributed by atoms with Crippen LogP contribution in [-0.2, 0) is 14.6 Å². The maximum Gasteiger partial charge on any atom is 0.235 e. The second-order valence-electron chi connectivity index (χ2n) is 6.27. The first-order chi connectivity index (χ1) is 9.86. The van der Waals surface area contributed by atoms with Crippen LogP contribution in [0.3, 0.4) is 0 Å². The van der Waals surface area contributed by atoms with E-state index < -0.39 is 15.4 Å². The van der Waals surface area contributed by atoms with E-state index in [1.807, 2.05) is 0 Å². The van der Waals surface area contributed by atoms with Crippen LogP contribution >= 0.6 is 0 Å². The molecular weight excluding hydrogens is 290 g/mol. The van der Waals surface area contributed by atoms with Gasteiger partial charge in [0.25, 0.3) is 0 Å². The molecule has 118 valence electrons. The first-order valence-electron chi connectivity index (χ1n) is 7.49. The zero-order valence-electron chi connectivity index (χ0n) is 12.5. The average molecular weight is 313 g/mol. The highest BCUT2D eigenvalue weighted by atomic mass is 32.2. The molecule has 1 saturated carbocycles. The van der Waals surface area contributed by atoms with Crippen LogP contribution in [0.2, 0.25) is 0 Å². The number of carbonyl (C=O) groups excluding carboxylic acids is 1. The van der Waals surface area contributed by atoms with Crippen LogP contribution in [0.4, 0.5) is 0 Å². The third-order valence-electron chi connectivity index (χ3n) is 4.52. The van der Waals surface area contributed by atoms with Gasteiger partial charge < -0.3 is 5.32 Å². The number of carbonyl (C=O) groups is 1. The molecule has 7 heteroatoms. The van der Waals surface area contributed by atoms with Gasteiger partial charge in [0.15, 0.2) is 9.84 Å². The molecule has 0 aromatic carbocycles. The first-order valence-corrected chi connectivity index (χ1v) is 9.31. The summed E-state index contributed by atoms with van der Waals surface area (Å²) in [6.07, 6.45) is 5.03. The Balaban J connectivity index is 1.88. The molecule has 2 fully saturated rings. The summed E-state index contributed by atoms with van der Waals surface area (Å²) < 4.78 is 23.0. The minimum atomic E-state index is -2.95. The van der Waals surface area contributed by atoms with Gasteiger partial charge in [0, 0.05) is 6.04 Å². The van der Waals surface area contributed by atoms with Crippen molar-refractivity contribution in [3.8, 4) is 6.07 Å². The molecule has 1 aliphatic heterocycles. The van der Waals surface area contributed by atoms with Gasteiger partial charge in [-0.15, -0.1) is 0 Å². The van der Waals surface area contributed by atoms with Crippen LogP contribution in [-0.4, -0.2) is 55.9 Å². The van der Waals surface area contributed by atoms with E-state index in [0.29, 0.717) is 19.3 Å². The summed E-state index contributed by atoms with van der Waals surface area (Å²) in [7, 11) is -1.18. The Bertz CT molecular complexity index is 532. The van der Waals surface area contributed by atoms with E-state index in [1.165, 1.54) is 0 Å². The SMILES string of the molecule is CN(CC(=O)NC1(C#N)CCCCC1)C1CCS(=O)(=O)C1. The molecule has 2 rings (SSSR count). The van der Waals surface area contributed by atoms with Crippen molar-refractivity contribution in [3.63, 3.8) is 0 Å². The van der Waals surface area contributed by atoms with E-state index in [1.54, 1.807) is 11.9 Å². The third-order valence-corrected chi connectivity index (χ3v) is 6.27. The van der Waals surface area contributed by atoms with Gasteiger partial charge in [0.05, 0.1) is 24.1 Å². The minimum absolute atomic E-state index is 0.0925. The van der Waals surface area contributed by atoms with Crippen LogP contribution in [0.5, 0.6) is 0 Å². The summed E-state index contributed by atoms with van der Waals surface area (Å²) in [5.41, 5.74) is -0.724. The quantitative estimate of drug-likeness (QED) is 0.813. The molecule has 1 aliphatic carbocycles. The molecule has 0 aromatic rings. The molecular formula is C14H23N3O3S. The highest BCUT2D eigenvalue weighted by Gasteiger charge is 2.35. The maximum atomic E-state index is 12.2. The molecule has 0 spiro atoms. The molecule has 1 amide bonds. The van der Waals surface area contributed by atoms with Gasteiger partial charge in [-0.2, -0.15) is 5.26 Å². The largest absolute Gasteiger partial charge is 0.337 e. The fourth-order valence-electron chi connectivity index (χ4n) is 3.21. The molecule has 1 atom stereocenters. The zero-order chi connectivity index (χ0) is 15.5. The summed E-state index contributed by atoms with van der Waals surface area (Å²) in [6, 6.07) is 2.17. The lowest BCUT2D eigenvalue weighted by molar-refractivity contribution is -0.124. The number of rotatable bonds is 4. The average Bonchev–Trinajstić information content (AvgIpc) is 2.80. The van der Waals surface area contributed by atoms with E-state index in [2.05, 4.69) is 11.4 Å². The summed E-state index contributed by atoms with van der Waals surface area (Å²) in [5, 5.41) is 12.2. The number of likely N-dealkylation sites (N-methyl/N-ethyl adjacent to an activating group) is 1. The maximum absolute atomic E-state index is 12.2. The Morgan fingerprint density at radius 1 is 1.38 bits per heavy atom. The number of amides is 1. The molecule has 2 aliphatic rings. The Hall–Kier alpha value is -1.13. The molecule has 1 saturated heterocycles. The second kappa shape index (κ2) is 6.32. The number of nitriles is 1. The number of nitrogens with zero attached hydrogens (tertiary/aromatic N) is 2. The van der Waals surface area contributed by atoms with Gasteiger partial charge in [0.1, 0.15) is 5.54 Å². The lowest BCUT2D eigenvalue weighted by Gasteiger charge is -2.32. The van der Waals surface area contributed by atoms with Gasteiger partial charge in [-0.05, 0) is 26.3 Å². The van der Waals surface area contributed by atoms with Crippen LogP contribution < -0.4 is 5.32 Å². The Kier molecular flexibility index (Phi) is 4.89. The van der Waals surface area contributed by atoms with Crippen molar-refractivity contribution in [1.29, 1.82) is 5.26 Å². The van der Waals surface area contributed by atoms with Crippen molar-refractivity contribution in [2.24, 2.45) is 0 Å². The normalized spacial score (nSPS) is 27.2. The fraction of sp³-hybridized carbons (Fsp3) is 0.857. The van der Waals surface area contributed by atoms with Crippen LogP contribution in [0, 0.1) is 11.3 Å². The molecule has 21 heavy (non-hydrogen) atoms. The molecule has 1 heterocycles. The third kappa shape index (κ3) is 4.17. The van der Waals surface area contributed by atoms with Gasteiger partial charge in [-0.25, -0.2) is 8.42 Å². The van der Waals surface area contributed by atoms with Gasteiger partial charge in [-0.3, -0.25) is 9.69 Å². The molecule has 0 bridgehead atoms. The predicted octanol–water partition coefficient (Wildman–Crippen LogP) is 0.448. The van der Waals surface area contributed by atoms with Crippen LogP contribution in [0.1, 0.15) is 38.5 Å². The van der Waals surface area contributed by atoms with Crippen molar-refractivity contribution in [3.05, 3.63) is 0 Å². The first kappa shape index (κ1) is 16.2. The van der Waals surface area contributed by atoms with E-state index in [-0.39, 0.29) is 30.0 Å². The Labute approximate surface area is 126 Å². The van der Waals surface area contributed by atoms with Crippen molar-refractivity contribution in [1.82, 2.24) is 10.2 Å². The summed E-state index contributed by atoms with van der Waals surface area (Å²) >= 11 is 0. The number of hydrogen-bond donors (Lipinski definition) is 1. The fourth-order valence-corrected chi connectivity index (χ4v) is 5.01.